The van der Waals surface area contributed by atoms with Crippen molar-refractivity contribution < 1.29 is 0 Å². The molecular weight excluding hydrogens is 154 g/mol. The van der Waals surface area contributed by atoms with Gasteiger partial charge in [-0.25, -0.2) is 0 Å². The molecule has 9 heavy (non-hydrogen) atoms. The number of halogens is 1. The van der Waals surface area contributed by atoms with Crippen molar-refractivity contribution in [2.24, 2.45) is 11.7 Å². The molecule has 0 aromatic heterocycles. The molecule has 0 radical (unpaired) electrons. The van der Waals surface area contributed by atoms with Gasteiger partial charge in [-0.15, -0.1) is 12.4 Å². The Hall–Kier alpha value is 0.600. The van der Waals surface area contributed by atoms with Crippen LogP contribution in [0.1, 0.15) is 12.8 Å². The number of hydrogen-bond donors (Lipinski definition) is 1. The maximum atomic E-state index is 5.44. The summed E-state index contributed by atoms with van der Waals surface area (Å²) in [6, 6.07) is 0. The molecule has 0 aliphatic heterocycles. The Morgan fingerprint density at radius 3 is 2.44 bits per heavy atom. The minimum atomic E-state index is 0. The van der Waals surface area contributed by atoms with Crippen LogP contribution in [0.5, 0.6) is 0 Å². The summed E-state index contributed by atoms with van der Waals surface area (Å²) in [6.45, 7) is 0.900. The maximum absolute atomic E-state index is 5.44. The van der Waals surface area contributed by atoms with Crippen LogP contribution in [0.25, 0.3) is 0 Å². The van der Waals surface area contributed by atoms with Crippen LogP contribution in [-0.2, 0) is 0 Å². The molecule has 1 aliphatic carbocycles. The number of rotatable bonds is 2. The highest BCUT2D eigenvalue weighted by Crippen LogP contribution is 2.34. The first-order chi connectivity index (χ1) is 3.86. The van der Waals surface area contributed by atoms with Gasteiger partial charge in [0.15, 0.2) is 0 Å². The van der Waals surface area contributed by atoms with Gasteiger partial charge in [0, 0.05) is 5.25 Å². The first-order valence-electron chi connectivity index (χ1n) is 3.09. The van der Waals surface area contributed by atoms with Crippen LogP contribution < -0.4 is 5.73 Å². The molecule has 0 unspecified atom stereocenters. The van der Waals surface area contributed by atoms with Gasteiger partial charge in [-0.2, -0.15) is 11.8 Å². The lowest BCUT2D eigenvalue weighted by Crippen LogP contribution is -2.31. The van der Waals surface area contributed by atoms with Crippen molar-refractivity contribution in [2.75, 3.05) is 12.8 Å². The van der Waals surface area contributed by atoms with E-state index >= 15 is 0 Å². The molecule has 56 valence electrons. The average molecular weight is 168 g/mol. The molecule has 3 heteroatoms. The van der Waals surface area contributed by atoms with Gasteiger partial charge in [0.1, 0.15) is 0 Å². The maximum Gasteiger partial charge on any atom is 0.00505 e. The van der Waals surface area contributed by atoms with Crippen LogP contribution >= 0.6 is 24.2 Å². The molecule has 0 aromatic carbocycles. The van der Waals surface area contributed by atoms with E-state index in [-0.39, 0.29) is 12.4 Å². The molecule has 0 heterocycles. The standard InChI is InChI=1S/C6H13NS.ClH/c1-8-6-2-5(3-6)4-7;/h5-6H,2-4,7H2,1H3;1H. The lowest BCUT2D eigenvalue weighted by molar-refractivity contribution is 0.339. The zero-order valence-electron chi connectivity index (χ0n) is 5.67. The summed E-state index contributed by atoms with van der Waals surface area (Å²) in [6.07, 6.45) is 4.90. The van der Waals surface area contributed by atoms with Crippen molar-refractivity contribution >= 4 is 24.2 Å². The third-order valence-corrected chi connectivity index (χ3v) is 2.91. The first-order valence-corrected chi connectivity index (χ1v) is 4.38. The zero-order valence-corrected chi connectivity index (χ0v) is 7.30. The van der Waals surface area contributed by atoms with Crippen LogP contribution in [-0.4, -0.2) is 18.1 Å². The monoisotopic (exact) mass is 167 g/mol. The van der Waals surface area contributed by atoms with E-state index in [1.165, 1.54) is 12.8 Å². The van der Waals surface area contributed by atoms with Crippen molar-refractivity contribution in [2.45, 2.75) is 18.1 Å². The van der Waals surface area contributed by atoms with Gasteiger partial charge < -0.3 is 5.73 Å². The fourth-order valence-corrected chi connectivity index (χ4v) is 1.99. The molecule has 0 amide bonds. The smallest absolute Gasteiger partial charge is 0.00505 e. The van der Waals surface area contributed by atoms with E-state index in [0.717, 1.165) is 17.7 Å². The largest absolute Gasteiger partial charge is 0.330 e. The Morgan fingerprint density at radius 2 is 2.11 bits per heavy atom. The molecule has 0 spiro atoms. The van der Waals surface area contributed by atoms with Crippen LogP contribution in [0.4, 0.5) is 0 Å². The molecule has 1 nitrogen and oxygen atoms in total. The molecule has 0 atom stereocenters. The van der Waals surface area contributed by atoms with E-state index in [0.29, 0.717) is 0 Å². The van der Waals surface area contributed by atoms with E-state index in [1.807, 2.05) is 11.8 Å². The summed E-state index contributed by atoms with van der Waals surface area (Å²) in [5.41, 5.74) is 5.44. The van der Waals surface area contributed by atoms with E-state index in [9.17, 15) is 0 Å². The van der Waals surface area contributed by atoms with E-state index < -0.39 is 0 Å². The van der Waals surface area contributed by atoms with Gasteiger partial charge in [-0.1, -0.05) is 0 Å². The molecule has 0 saturated heterocycles. The predicted molar refractivity (Wildman–Crippen MR) is 46.3 cm³/mol. The van der Waals surface area contributed by atoms with Gasteiger partial charge >= 0.3 is 0 Å². The fourth-order valence-electron chi connectivity index (χ4n) is 1.06. The van der Waals surface area contributed by atoms with Gasteiger partial charge in [0.25, 0.3) is 0 Å². The molecule has 1 rings (SSSR count). The second kappa shape index (κ2) is 4.42. The molecule has 2 N–H and O–H groups in total. The highest BCUT2D eigenvalue weighted by atomic mass is 35.5. The average Bonchev–Trinajstić information content (AvgIpc) is 1.65. The summed E-state index contributed by atoms with van der Waals surface area (Å²) < 4.78 is 0. The van der Waals surface area contributed by atoms with Crippen LogP contribution in [0.2, 0.25) is 0 Å². The molecule has 1 aliphatic rings. The van der Waals surface area contributed by atoms with Crippen LogP contribution in [0.15, 0.2) is 0 Å². The highest BCUT2D eigenvalue weighted by molar-refractivity contribution is 7.99. The van der Waals surface area contributed by atoms with Crippen LogP contribution in [0, 0.1) is 5.92 Å². The summed E-state index contributed by atoms with van der Waals surface area (Å²) in [5.74, 6) is 0.854. The summed E-state index contributed by atoms with van der Waals surface area (Å²) in [7, 11) is 0. The quantitative estimate of drug-likeness (QED) is 0.675. The normalized spacial score (nSPS) is 32.7. The van der Waals surface area contributed by atoms with Crippen molar-refractivity contribution in [3.63, 3.8) is 0 Å². The van der Waals surface area contributed by atoms with Crippen molar-refractivity contribution in [3.8, 4) is 0 Å². The van der Waals surface area contributed by atoms with Gasteiger partial charge in [-0.3, -0.25) is 0 Å². The molecule has 1 fully saturated rings. The van der Waals surface area contributed by atoms with Crippen molar-refractivity contribution in [1.29, 1.82) is 0 Å². The highest BCUT2D eigenvalue weighted by Gasteiger charge is 2.26. The third-order valence-electron chi connectivity index (χ3n) is 1.86. The second-order valence-corrected chi connectivity index (χ2v) is 3.57. The number of thioether (sulfide) groups is 1. The minimum Gasteiger partial charge on any atom is -0.330 e. The lowest BCUT2D eigenvalue weighted by atomic mass is 9.85. The molecule has 0 bridgehead atoms. The molecular formula is C6H14ClNS. The molecule has 1 saturated carbocycles. The van der Waals surface area contributed by atoms with E-state index in [2.05, 4.69) is 6.26 Å². The molecule has 0 aromatic rings. The Kier molecular flexibility index (Phi) is 4.72. The van der Waals surface area contributed by atoms with Crippen molar-refractivity contribution in [1.82, 2.24) is 0 Å². The SMILES string of the molecule is CSC1CC(CN)C1.Cl. The van der Waals surface area contributed by atoms with E-state index in [4.69, 9.17) is 5.73 Å². The van der Waals surface area contributed by atoms with E-state index in [1.54, 1.807) is 0 Å². The zero-order chi connectivity index (χ0) is 5.98. The third kappa shape index (κ3) is 2.36. The predicted octanol–water partition coefficient (Wildman–Crippen LogP) is 1.51. The Labute approximate surface area is 67.2 Å². The Morgan fingerprint density at radius 1 is 1.56 bits per heavy atom. The Balaban J connectivity index is 0.000000640. The van der Waals surface area contributed by atoms with Gasteiger partial charge in [0.05, 0.1) is 0 Å². The number of hydrogen-bond acceptors (Lipinski definition) is 2. The number of nitrogens with two attached hydrogens (primary N) is 1. The topological polar surface area (TPSA) is 26.0 Å². The summed E-state index contributed by atoms with van der Waals surface area (Å²) in [4.78, 5) is 0. The lowest BCUT2D eigenvalue weighted by Gasteiger charge is -2.32. The minimum absolute atomic E-state index is 0. The van der Waals surface area contributed by atoms with Crippen LogP contribution in [0.3, 0.4) is 0 Å². The van der Waals surface area contributed by atoms with Gasteiger partial charge in [0.2, 0.25) is 0 Å². The summed E-state index contributed by atoms with van der Waals surface area (Å²) in [5, 5.41) is 0.934. The summed E-state index contributed by atoms with van der Waals surface area (Å²) >= 11 is 1.98. The second-order valence-electron chi connectivity index (χ2n) is 2.43. The fraction of sp³-hybridized carbons (Fsp3) is 1.00. The van der Waals surface area contributed by atoms with Gasteiger partial charge in [-0.05, 0) is 31.6 Å². The Bertz CT molecular complexity index is 65.5. The van der Waals surface area contributed by atoms with Crippen molar-refractivity contribution in [3.05, 3.63) is 0 Å². The first kappa shape index (κ1) is 9.60.